The molecule has 1 atom stereocenters. The molecule has 1 aromatic rings. The van der Waals surface area contributed by atoms with E-state index in [1.165, 1.54) is 48.9 Å². The Hall–Kier alpha value is -0.860. The molecule has 106 valence electrons. The third-order valence-corrected chi connectivity index (χ3v) is 4.23. The first-order valence-electron chi connectivity index (χ1n) is 7.57. The lowest BCUT2D eigenvalue weighted by Gasteiger charge is -2.24. The molecule has 0 amide bonds. The van der Waals surface area contributed by atoms with Crippen LogP contribution in [0.3, 0.4) is 0 Å². The molecule has 2 rings (SSSR count). The van der Waals surface area contributed by atoms with Crippen LogP contribution in [-0.4, -0.2) is 25.0 Å². The number of benzene rings is 1. The van der Waals surface area contributed by atoms with E-state index in [1.54, 1.807) is 0 Å². The number of nitrogens with zero attached hydrogens (tertiary/aromatic N) is 1. The van der Waals surface area contributed by atoms with Crippen LogP contribution in [0.5, 0.6) is 0 Å². The van der Waals surface area contributed by atoms with E-state index in [2.05, 4.69) is 44.0 Å². The zero-order valence-electron chi connectivity index (χ0n) is 12.7. The van der Waals surface area contributed by atoms with Crippen LogP contribution in [0.4, 0.5) is 0 Å². The monoisotopic (exact) mass is 260 g/mol. The molecule has 1 aromatic carbocycles. The fourth-order valence-corrected chi connectivity index (χ4v) is 3.37. The number of likely N-dealkylation sites (N-methyl/N-ethyl adjacent to an activating group) is 1. The lowest BCUT2D eigenvalue weighted by molar-refractivity contribution is 0.263. The number of hydrogen-bond donors (Lipinski definition) is 1. The van der Waals surface area contributed by atoms with Gasteiger partial charge in [-0.3, -0.25) is 0 Å². The van der Waals surface area contributed by atoms with Crippen molar-refractivity contribution in [2.45, 2.75) is 45.6 Å². The summed E-state index contributed by atoms with van der Waals surface area (Å²) in [5.74, 6) is 0.899. The summed E-state index contributed by atoms with van der Waals surface area (Å²) in [6.45, 7) is 6.45. The van der Waals surface area contributed by atoms with E-state index in [0.29, 0.717) is 0 Å². The van der Waals surface area contributed by atoms with Crippen LogP contribution in [0, 0.1) is 19.8 Å². The Morgan fingerprint density at radius 1 is 1.16 bits per heavy atom. The molecule has 0 aliphatic heterocycles. The summed E-state index contributed by atoms with van der Waals surface area (Å²) >= 11 is 0. The normalized spacial score (nSPS) is 18.2. The SMILES string of the molecule is Cc1cc(C)cc(C(N)CN(C)CC2CCCC2)c1. The summed E-state index contributed by atoms with van der Waals surface area (Å²) in [7, 11) is 2.21. The molecule has 2 nitrogen and oxygen atoms in total. The Balaban J connectivity index is 1.90. The fourth-order valence-electron chi connectivity index (χ4n) is 3.37. The minimum absolute atomic E-state index is 0.130. The first-order valence-corrected chi connectivity index (χ1v) is 7.57. The predicted octanol–water partition coefficient (Wildman–Crippen LogP) is 3.43. The van der Waals surface area contributed by atoms with Crippen molar-refractivity contribution < 1.29 is 0 Å². The highest BCUT2D eigenvalue weighted by atomic mass is 15.1. The Kier molecular flexibility index (Phi) is 5.00. The Morgan fingerprint density at radius 2 is 1.74 bits per heavy atom. The topological polar surface area (TPSA) is 29.3 Å². The van der Waals surface area contributed by atoms with Gasteiger partial charge in [0, 0.05) is 19.1 Å². The minimum Gasteiger partial charge on any atom is -0.323 e. The van der Waals surface area contributed by atoms with Gasteiger partial charge in [0.15, 0.2) is 0 Å². The predicted molar refractivity (Wildman–Crippen MR) is 82.3 cm³/mol. The average molecular weight is 260 g/mol. The molecule has 2 heteroatoms. The van der Waals surface area contributed by atoms with Crippen molar-refractivity contribution >= 4 is 0 Å². The largest absolute Gasteiger partial charge is 0.323 e. The molecule has 0 aromatic heterocycles. The number of aryl methyl sites for hydroxylation is 2. The molecule has 0 heterocycles. The van der Waals surface area contributed by atoms with Gasteiger partial charge in [-0.25, -0.2) is 0 Å². The fraction of sp³-hybridized carbons (Fsp3) is 0.647. The van der Waals surface area contributed by atoms with Crippen LogP contribution in [-0.2, 0) is 0 Å². The molecule has 1 aliphatic carbocycles. The van der Waals surface area contributed by atoms with Gasteiger partial charge < -0.3 is 10.6 Å². The van der Waals surface area contributed by atoms with E-state index in [4.69, 9.17) is 5.73 Å². The van der Waals surface area contributed by atoms with Gasteiger partial charge in [-0.15, -0.1) is 0 Å². The van der Waals surface area contributed by atoms with Crippen molar-refractivity contribution in [2.75, 3.05) is 20.1 Å². The van der Waals surface area contributed by atoms with Gasteiger partial charge in [0.05, 0.1) is 0 Å². The summed E-state index contributed by atoms with van der Waals surface area (Å²) in [5.41, 5.74) is 10.3. The molecule has 0 radical (unpaired) electrons. The lowest BCUT2D eigenvalue weighted by atomic mass is 10.0. The highest BCUT2D eigenvalue weighted by Crippen LogP contribution is 2.25. The highest BCUT2D eigenvalue weighted by Gasteiger charge is 2.18. The van der Waals surface area contributed by atoms with Crippen molar-refractivity contribution in [2.24, 2.45) is 11.7 Å². The summed E-state index contributed by atoms with van der Waals surface area (Å²) < 4.78 is 0. The smallest absolute Gasteiger partial charge is 0.0424 e. The molecule has 0 spiro atoms. The van der Waals surface area contributed by atoms with Crippen molar-refractivity contribution in [3.63, 3.8) is 0 Å². The number of nitrogens with two attached hydrogens (primary N) is 1. The Morgan fingerprint density at radius 3 is 2.32 bits per heavy atom. The second-order valence-electron chi connectivity index (χ2n) is 6.40. The summed E-state index contributed by atoms with van der Waals surface area (Å²) in [4.78, 5) is 2.42. The van der Waals surface area contributed by atoms with E-state index < -0.39 is 0 Å². The van der Waals surface area contributed by atoms with E-state index >= 15 is 0 Å². The van der Waals surface area contributed by atoms with Crippen LogP contribution in [0.15, 0.2) is 18.2 Å². The average Bonchev–Trinajstić information content (AvgIpc) is 2.80. The van der Waals surface area contributed by atoms with Crippen LogP contribution < -0.4 is 5.73 Å². The maximum absolute atomic E-state index is 6.37. The zero-order chi connectivity index (χ0) is 13.8. The van der Waals surface area contributed by atoms with Gasteiger partial charge >= 0.3 is 0 Å². The quantitative estimate of drug-likeness (QED) is 0.879. The first kappa shape index (κ1) is 14.5. The summed E-state index contributed by atoms with van der Waals surface area (Å²) in [6.07, 6.45) is 5.65. The maximum atomic E-state index is 6.37. The van der Waals surface area contributed by atoms with Crippen LogP contribution in [0.25, 0.3) is 0 Å². The number of rotatable bonds is 5. The molecule has 19 heavy (non-hydrogen) atoms. The van der Waals surface area contributed by atoms with E-state index in [9.17, 15) is 0 Å². The van der Waals surface area contributed by atoms with Gasteiger partial charge in [0.25, 0.3) is 0 Å². The molecular formula is C17H28N2. The second-order valence-corrected chi connectivity index (χ2v) is 6.40. The third-order valence-electron chi connectivity index (χ3n) is 4.23. The van der Waals surface area contributed by atoms with Gasteiger partial charge in [-0.05, 0) is 45.2 Å². The molecule has 0 bridgehead atoms. The van der Waals surface area contributed by atoms with Crippen molar-refractivity contribution in [3.05, 3.63) is 34.9 Å². The Bertz CT molecular complexity index is 387. The lowest BCUT2D eigenvalue weighted by Crippen LogP contribution is -2.32. The first-order chi connectivity index (χ1) is 9.04. The van der Waals surface area contributed by atoms with E-state index in [1.807, 2.05) is 0 Å². The second kappa shape index (κ2) is 6.53. The van der Waals surface area contributed by atoms with Crippen molar-refractivity contribution in [3.8, 4) is 0 Å². The van der Waals surface area contributed by atoms with Crippen LogP contribution in [0.2, 0.25) is 0 Å². The Labute approximate surface area is 118 Å². The van der Waals surface area contributed by atoms with Gasteiger partial charge in [0.1, 0.15) is 0 Å². The molecule has 1 unspecified atom stereocenters. The van der Waals surface area contributed by atoms with Crippen LogP contribution >= 0.6 is 0 Å². The molecule has 2 N–H and O–H groups in total. The van der Waals surface area contributed by atoms with Crippen LogP contribution in [0.1, 0.15) is 48.4 Å². The third kappa shape index (κ3) is 4.32. The van der Waals surface area contributed by atoms with Gasteiger partial charge in [-0.1, -0.05) is 42.2 Å². The van der Waals surface area contributed by atoms with Crippen molar-refractivity contribution in [1.82, 2.24) is 4.90 Å². The molecule has 0 saturated heterocycles. The zero-order valence-corrected chi connectivity index (χ0v) is 12.7. The van der Waals surface area contributed by atoms with Gasteiger partial charge in [-0.2, -0.15) is 0 Å². The molecule has 1 fully saturated rings. The number of hydrogen-bond acceptors (Lipinski definition) is 2. The maximum Gasteiger partial charge on any atom is 0.0424 e. The van der Waals surface area contributed by atoms with Crippen molar-refractivity contribution in [1.29, 1.82) is 0 Å². The molecular weight excluding hydrogens is 232 g/mol. The highest BCUT2D eigenvalue weighted by molar-refractivity contribution is 5.30. The van der Waals surface area contributed by atoms with Gasteiger partial charge in [0.2, 0.25) is 0 Å². The van der Waals surface area contributed by atoms with E-state index in [-0.39, 0.29) is 6.04 Å². The summed E-state index contributed by atoms with van der Waals surface area (Å²) in [5, 5.41) is 0. The minimum atomic E-state index is 0.130. The summed E-state index contributed by atoms with van der Waals surface area (Å²) in [6, 6.07) is 6.78. The van der Waals surface area contributed by atoms with E-state index in [0.717, 1.165) is 12.5 Å². The molecule has 1 aliphatic rings. The standard InChI is InChI=1S/C17H28N2/c1-13-8-14(2)10-16(9-13)17(18)12-19(3)11-15-6-4-5-7-15/h8-10,15,17H,4-7,11-12,18H2,1-3H3. The molecule has 1 saturated carbocycles.